The normalized spacial score (nSPS) is 15.4. The third-order valence-corrected chi connectivity index (χ3v) is 28.6. The highest BCUT2D eigenvalue weighted by molar-refractivity contribution is 6.89. The van der Waals surface area contributed by atoms with Crippen LogP contribution in [0.2, 0.25) is 137 Å². The fourth-order valence-electron chi connectivity index (χ4n) is 4.25. The lowest BCUT2D eigenvalue weighted by molar-refractivity contribution is 0.113. The van der Waals surface area contributed by atoms with Gasteiger partial charge >= 0.3 is 18.1 Å². The Hall–Kier alpha value is 0.289. The van der Waals surface area contributed by atoms with Crippen molar-refractivity contribution in [2.24, 2.45) is 0 Å². The molecule has 1 rings (SSSR count). The fraction of sp³-hybridized carbons (Fsp3) is 0.724. The van der Waals surface area contributed by atoms with Crippen LogP contribution in [-0.4, -0.2) is 86.6 Å². The Morgan fingerprint density at radius 1 is 0.417 bits per heavy atom. The van der Waals surface area contributed by atoms with Crippen molar-refractivity contribution < 1.29 is 38.0 Å². The second kappa shape index (κ2) is 16.1. The number of hydrogen-bond acceptors (Lipinski definition) is 9. The standard InChI is InChI=1S/C29H70O9Si10/c1-40(2,3)30-27-25-23-22-24-26(27)28(31-47(33-41(4,5)6,34-42(7,8)9)35-43(10,11)12)29(39)32-48(36-44(13,14)15,37-45(16,17)18)38-46(19,20)21/h22-25H,1-21,39H3. The Kier molecular flexibility index (Phi) is 15.5. The molecular weight excluding hydrogens is 773 g/mol. The molecule has 0 aliphatic heterocycles. The predicted molar refractivity (Wildman–Crippen MR) is 228 cm³/mol. The van der Waals surface area contributed by atoms with E-state index in [1.165, 1.54) is 0 Å². The zero-order valence-electron chi connectivity index (χ0n) is 34.5. The minimum Gasteiger partial charge on any atom is -0.544 e. The molecule has 0 amide bonds. The number of benzene rings is 1. The van der Waals surface area contributed by atoms with Crippen molar-refractivity contribution in [1.82, 2.24) is 0 Å². The lowest BCUT2D eigenvalue weighted by atomic mass is 10.2. The summed E-state index contributed by atoms with van der Waals surface area (Å²) in [6, 6.07) is 7.99. The van der Waals surface area contributed by atoms with E-state index in [0.717, 1.165) is 11.3 Å². The van der Waals surface area contributed by atoms with Gasteiger partial charge in [0.25, 0.3) is 0 Å². The molecule has 0 bridgehead atoms. The van der Waals surface area contributed by atoms with Crippen LogP contribution in [-0.2, 0) is 33.5 Å². The number of rotatable bonds is 19. The highest BCUT2D eigenvalue weighted by atomic mass is 28.5. The summed E-state index contributed by atoms with van der Waals surface area (Å²) in [6.45, 7) is 45.1. The van der Waals surface area contributed by atoms with Crippen molar-refractivity contribution in [3.8, 4) is 5.75 Å². The van der Waals surface area contributed by atoms with Gasteiger partial charge in [-0.15, -0.1) is 0 Å². The first-order valence-electron chi connectivity index (χ1n) is 17.0. The van der Waals surface area contributed by atoms with Crippen molar-refractivity contribution in [1.29, 1.82) is 0 Å². The Balaban J connectivity index is 4.38. The molecule has 1 aromatic rings. The molecule has 48 heavy (non-hydrogen) atoms. The van der Waals surface area contributed by atoms with Crippen LogP contribution in [0.25, 0.3) is 5.76 Å². The van der Waals surface area contributed by atoms with E-state index in [0.29, 0.717) is 21.4 Å². The van der Waals surface area contributed by atoms with Gasteiger partial charge < -0.3 is 38.0 Å². The van der Waals surface area contributed by atoms with E-state index in [-0.39, 0.29) is 0 Å². The minimum atomic E-state index is -3.86. The predicted octanol–water partition coefficient (Wildman–Crippen LogP) is 8.91. The zero-order chi connectivity index (χ0) is 38.0. The summed E-state index contributed by atoms with van der Waals surface area (Å²) >= 11 is 0. The molecule has 0 saturated carbocycles. The van der Waals surface area contributed by atoms with Crippen LogP contribution in [0, 0.1) is 0 Å². The molecule has 0 heterocycles. The quantitative estimate of drug-likeness (QED) is 0.100. The zero-order valence-corrected chi connectivity index (χ0v) is 45.5. The Labute approximate surface area is 307 Å². The van der Waals surface area contributed by atoms with Crippen molar-refractivity contribution in [2.45, 2.75) is 137 Å². The van der Waals surface area contributed by atoms with Gasteiger partial charge in [-0.3, -0.25) is 0 Å². The van der Waals surface area contributed by atoms with E-state index in [1.54, 1.807) is 0 Å². The van der Waals surface area contributed by atoms with Gasteiger partial charge in [0.1, 0.15) is 5.75 Å². The summed E-state index contributed by atoms with van der Waals surface area (Å²) < 4.78 is 63.0. The summed E-state index contributed by atoms with van der Waals surface area (Å²) in [5.74, 6) is 1.21. The van der Waals surface area contributed by atoms with Crippen molar-refractivity contribution >= 4 is 92.3 Å². The molecule has 0 saturated heterocycles. The molecule has 0 radical (unpaired) electrons. The van der Waals surface area contributed by atoms with E-state index in [1.807, 2.05) is 24.3 Å². The fourth-order valence-corrected chi connectivity index (χ4v) is 29.6. The average Bonchev–Trinajstić information content (AvgIpc) is 2.69. The third kappa shape index (κ3) is 19.2. The SMILES string of the molecule is C[Si](C)(C)Oc1ccccc1C(O[Si](O[Si](C)(C)C)(O[Si](C)(C)C)O[Si](C)(C)C)=C([SiH3])O[Si](O[Si](C)(C)C)(O[Si](C)(C)C)O[Si](C)(C)C. The van der Waals surface area contributed by atoms with Crippen LogP contribution in [0.1, 0.15) is 5.56 Å². The van der Waals surface area contributed by atoms with Gasteiger partial charge in [0, 0.05) is 0 Å². The maximum atomic E-state index is 7.30. The summed E-state index contributed by atoms with van der Waals surface area (Å²) in [5, 5.41) is 0.595. The van der Waals surface area contributed by atoms with E-state index in [4.69, 9.17) is 38.0 Å². The number of para-hydroxylation sites is 1. The molecule has 9 nitrogen and oxygen atoms in total. The molecule has 0 unspecified atom stereocenters. The highest BCUT2D eigenvalue weighted by Crippen LogP contribution is 2.38. The minimum absolute atomic E-state index is 0.439. The first-order valence-corrected chi connectivity index (χ1v) is 45.1. The van der Waals surface area contributed by atoms with Gasteiger partial charge in [-0.05, 0) is 150 Å². The van der Waals surface area contributed by atoms with Gasteiger partial charge in [-0.1, -0.05) is 12.1 Å². The van der Waals surface area contributed by atoms with Crippen LogP contribution in [0.15, 0.2) is 29.6 Å². The van der Waals surface area contributed by atoms with Gasteiger partial charge in [0.15, 0.2) is 55.7 Å². The van der Waals surface area contributed by atoms with Gasteiger partial charge in [0.05, 0.1) is 21.2 Å². The molecule has 280 valence electrons. The molecule has 0 N–H and O–H groups in total. The smallest absolute Gasteiger partial charge is 0.544 e. The third-order valence-electron chi connectivity index (χ3n) is 4.96. The summed E-state index contributed by atoms with van der Waals surface area (Å²) in [5.41, 5.74) is 0.760. The molecular formula is C29H70O9Si10. The molecule has 19 heteroatoms. The average molecular weight is 844 g/mol. The van der Waals surface area contributed by atoms with Crippen LogP contribution >= 0.6 is 0 Å². The first-order chi connectivity index (χ1) is 20.9. The van der Waals surface area contributed by atoms with E-state index < -0.39 is 76.3 Å². The van der Waals surface area contributed by atoms with Crippen molar-refractivity contribution in [3.05, 3.63) is 35.2 Å². The molecule has 0 aliphatic carbocycles. The molecule has 0 aliphatic rings. The summed E-state index contributed by atoms with van der Waals surface area (Å²) in [6.07, 6.45) is 0. The number of hydrogen-bond donors (Lipinski definition) is 0. The van der Waals surface area contributed by atoms with E-state index in [9.17, 15) is 0 Å². The van der Waals surface area contributed by atoms with Gasteiger partial charge in [-0.2, -0.15) is 0 Å². The molecule has 0 fully saturated rings. The summed E-state index contributed by atoms with van der Waals surface area (Å²) in [7, 11) is -22.8. The Morgan fingerprint density at radius 2 is 0.708 bits per heavy atom. The van der Waals surface area contributed by atoms with Crippen LogP contribution in [0.4, 0.5) is 0 Å². The molecule has 0 aromatic heterocycles. The van der Waals surface area contributed by atoms with Crippen LogP contribution in [0.3, 0.4) is 0 Å². The van der Waals surface area contributed by atoms with Crippen LogP contribution < -0.4 is 4.43 Å². The largest absolute Gasteiger partial charge is 0.717 e. The molecule has 1 aromatic carbocycles. The van der Waals surface area contributed by atoms with Crippen molar-refractivity contribution in [3.63, 3.8) is 0 Å². The Bertz CT molecular complexity index is 1150. The van der Waals surface area contributed by atoms with Gasteiger partial charge in [0.2, 0.25) is 8.32 Å². The second-order valence-corrected chi connectivity index (χ2v) is 57.1. The molecule has 0 atom stereocenters. The topological polar surface area (TPSA) is 83.1 Å². The lowest BCUT2D eigenvalue weighted by Gasteiger charge is -2.43. The van der Waals surface area contributed by atoms with Crippen molar-refractivity contribution in [2.75, 3.05) is 0 Å². The molecule has 0 spiro atoms. The second-order valence-electron chi connectivity index (χ2n) is 19.1. The maximum absolute atomic E-state index is 7.30. The summed E-state index contributed by atoms with van der Waals surface area (Å²) in [4.78, 5) is 0. The maximum Gasteiger partial charge on any atom is 0.717 e. The lowest BCUT2D eigenvalue weighted by Crippen LogP contribution is -2.63. The highest BCUT2D eigenvalue weighted by Gasteiger charge is 2.59. The van der Waals surface area contributed by atoms with Crippen LogP contribution in [0.5, 0.6) is 5.75 Å². The first kappa shape index (κ1) is 46.3. The monoisotopic (exact) mass is 842 g/mol. The van der Waals surface area contributed by atoms with E-state index in [2.05, 4.69) is 137 Å². The van der Waals surface area contributed by atoms with E-state index >= 15 is 0 Å². The van der Waals surface area contributed by atoms with Gasteiger partial charge in [-0.25, -0.2) is 0 Å². The Morgan fingerprint density at radius 3 is 1.00 bits per heavy atom.